The first-order chi connectivity index (χ1) is 18.0. The van der Waals surface area contributed by atoms with Crippen molar-refractivity contribution in [2.45, 2.75) is 31.9 Å². The SMILES string of the molecule is CCOC(=O)C1=C(CN2CCOC(CCC=O)C2)NC(c2nccs2)=NC1c1ccc(F)cc1Br.CO. The number of aliphatic hydroxyl groups excluding tert-OH is 1. The Kier molecular flexibility index (Phi) is 11.3. The van der Waals surface area contributed by atoms with Gasteiger partial charge < -0.3 is 24.7 Å². The van der Waals surface area contributed by atoms with Crippen LogP contribution in [0.5, 0.6) is 0 Å². The average molecular weight is 598 g/mol. The number of morpholine rings is 1. The zero-order valence-electron chi connectivity index (χ0n) is 20.7. The zero-order valence-corrected chi connectivity index (χ0v) is 23.1. The first kappa shape index (κ1) is 29.1. The number of aliphatic hydroxyl groups is 1. The highest BCUT2D eigenvalue weighted by atomic mass is 79.9. The van der Waals surface area contributed by atoms with E-state index in [0.29, 0.717) is 71.2 Å². The second kappa shape index (κ2) is 14.4. The number of esters is 1. The van der Waals surface area contributed by atoms with Gasteiger partial charge in [-0.2, -0.15) is 0 Å². The fraction of sp³-hybridized carbons (Fsp3) is 0.440. The molecule has 2 aliphatic rings. The summed E-state index contributed by atoms with van der Waals surface area (Å²) in [6.07, 6.45) is 3.62. The van der Waals surface area contributed by atoms with Crippen LogP contribution in [0.4, 0.5) is 4.39 Å². The second-order valence-corrected chi connectivity index (χ2v) is 9.84. The molecule has 12 heteroatoms. The Morgan fingerprint density at radius 3 is 2.92 bits per heavy atom. The number of aliphatic imine (C=N–C) groups is 1. The van der Waals surface area contributed by atoms with Crippen molar-refractivity contribution in [2.75, 3.05) is 40.0 Å². The van der Waals surface area contributed by atoms with Gasteiger partial charge in [-0.15, -0.1) is 11.3 Å². The van der Waals surface area contributed by atoms with Crippen LogP contribution in [0.15, 0.2) is 50.5 Å². The van der Waals surface area contributed by atoms with E-state index in [0.717, 1.165) is 13.4 Å². The van der Waals surface area contributed by atoms with Crippen LogP contribution in [0.2, 0.25) is 0 Å². The van der Waals surface area contributed by atoms with Crippen LogP contribution in [-0.4, -0.2) is 79.1 Å². The lowest BCUT2D eigenvalue weighted by Crippen LogP contribution is -2.46. The van der Waals surface area contributed by atoms with Gasteiger partial charge in [0.05, 0.1) is 24.9 Å². The van der Waals surface area contributed by atoms with E-state index in [4.69, 9.17) is 19.6 Å². The van der Waals surface area contributed by atoms with E-state index in [9.17, 15) is 14.0 Å². The van der Waals surface area contributed by atoms with Crippen LogP contribution in [0.25, 0.3) is 0 Å². The minimum absolute atomic E-state index is 0.0571. The van der Waals surface area contributed by atoms with Crippen molar-refractivity contribution in [1.29, 1.82) is 0 Å². The number of nitrogens with zero attached hydrogens (tertiary/aromatic N) is 3. The minimum atomic E-state index is -0.717. The molecule has 2 atom stereocenters. The lowest BCUT2D eigenvalue weighted by molar-refractivity contribution is -0.139. The number of halogens is 2. The molecule has 0 aliphatic carbocycles. The molecule has 2 aromatic rings. The van der Waals surface area contributed by atoms with E-state index in [-0.39, 0.29) is 12.7 Å². The average Bonchev–Trinajstić information content (AvgIpc) is 3.44. The van der Waals surface area contributed by atoms with Crippen LogP contribution in [0, 0.1) is 5.82 Å². The first-order valence-corrected chi connectivity index (χ1v) is 13.5. The standard InChI is InChI=1S/C24H26BrFN4O4S.CH4O/c1-2-33-24(32)20-19(14-30-8-10-34-16(13-30)4-3-9-31)28-22(23-27-7-11-35-23)29-21(20)17-6-5-15(26)12-18(17)25;1-2/h5-7,9,11-12,16,21H,2-4,8,10,13-14H2,1H3,(H,28,29);2H,1H3. The maximum Gasteiger partial charge on any atom is 0.338 e. The molecule has 0 amide bonds. The molecule has 0 radical (unpaired) electrons. The largest absolute Gasteiger partial charge is 0.463 e. The van der Waals surface area contributed by atoms with Gasteiger partial charge in [0.2, 0.25) is 0 Å². The molecule has 2 unspecified atom stereocenters. The molecule has 4 rings (SSSR count). The predicted molar refractivity (Wildman–Crippen MR) is 142 cm³/mol. The van der Waals surface area contributed by atoms with Crippen molar-refractivity contribution in [3.05, 3.63) is 61.9 Å². The molecular weight excluding hydrogens is 567 g/mol. The van der Waals surface area contributed by atoms with Crippen LogP contribution in [-0.2, 0) is 19.1 Å². The number of thiazole rings is 1. The van der Waals surface area contributed by atoms with E-state index < -0.39 is 17.8 Å². The Hall–Kier alpha value is -2.51. The summed E-state index contributed by atoms with van der Waals surface area (Å²) < 4.78 is 25.6. The number of carbonyl (C=O) groups excluding carboxylic acids is 2. The van der Waals surface area contributed by atoms with Gasteiger partial charge in [0.1, 0.15) is 18.1 Å². The summed E-state index contributed by atoms with van der Waals surface area (Å²) in [7, 11) is 1.00. The summed E-state index contributed by atoms with van der Waals surface area (Å²) in [4.78, 5) is 35.4. The molecule has 1 fully saturated rings. The van der Waals surface area contributed by atoms with Gasteiger partial charge in [-0.25, -0.2) is 14.2 Å². The van der Waals surface area contributed by atoms with Gasteiger partial charge >= 0.3 is 5.97 Å². The maximum atomic E-state index is 13.9. The number of ether oxygens (including phenoxy) is 2. The van der Waals surface area contributed by atoms with Crippen molar-refractivity contribution in [1.82, 2.24) is 15.2 Å². The number of aldehydes is 1. The third kappa shape index (κ3) is 7.51. The van der Waals surface area contributed by atoms with Gasteiger partial charge in [-0.05, 0) is 31.0 Å². The molecule has 0 bridgehead atoms. The number of carbonyl (C=O) groups is 2. The minimum Gasteiger partial charge on any atom is -0.463 e. The van der Waals surface area contributed by atoms with Crippen molar-refractivity contribution in [3.8, 4) is 0 Å². The number of hydrogen-bond acceptors (Lipinski definition) is 10. The van der Waals surface area contributed by atoms with E-state index in [2.05, 4.69) is 31.1 Å². The van der Waals surface area contributed by atoms with Crippen molar-refractivity contribution < 1.29 is 28.6 Å². The van der Waals surface area contributed by atoms with Crippen molar-refractivity contribution in [2.24, 2.45) is 4.99 Å². The normalized spacial score (nSPS) is 19.9. The maximum absolute atomic E-state index is 13.9. The number of amidine groups is 1. The Balaban J connectivity index is 0.00000186. The van der Waals surface area contributed by atoms with E-state index in [1.54, 1.807) is 19.2 Å². The molecule has 37 heavy (non-hydrogen) atoms. The van der Waals surface area contributed by atoms with Gasteiger partial charge in [0.25, 0.3) is 0 Å². The monoisotopic (exact) mass is 596 g/mol. The lowest BCUT2D eigenvalue weighted by atomic mass is 9.95. The van der Waals surface area contributed by atoms with Gasteiger partial charge in [0, 0.05) is 54.9 Å². The smallest absolute Gasteiger partial charge is 0.338 e. The Morgan fingerprint density at radius 2 is 2.24 bits per heavy atom. The Labute approximate surface area is 227 Å². The van der Waals surface area contributed by atoms with Crippen LogP contribution >= 0.6 is 27.3 Å². The quantitative estimate of drug-likeness (QED) is 0.335. The Bertz CT molecular complexity index is 1130. The molecule has 1 aromatic carbocycles. The highest BCUT2D eigenvalue weighted by Crippen LogP contribution is 2.37. The molecule has 1 aromatic heterocycles. The number of benzene rings is 1. The zero-order chi connectivity index (χ0) is 26.8. The molecule has 1 saturated heterocycles. The number of aromatic nitrogens is 1. The summed E-state index contributed by atoms with van der Waals surface area (Å²) >= 11 is 4.87. The van der Waals surface area contributed by atoms with Crippen LogP contribution in [0.1, 0.15) is 36.4 Å². The number of nitrogens with one attached hydrogen (secondary N) is 1. The van der Waals surface area contributed by atoms with Gasteiger partial charge in [0.15, 0.2) is 10.8 Å². The number of hydrogen-bond donors (Lipinski definition) is 2. The van der Waals surface area contributed by atoms with Gasteiger partial charge in [-0.1, -0.05) is 22.0 Å². The summed E-state index contributed by atoms with van der Waals surface area (Å²) in [6, 6.07) is 3.62. The van der Waals surface area contributed by atoms with Crippen LogP contribution < -0.4 is 5.32 Å². The predicted octanol–water partition coefficient (Wildman–Crippen LogP) is 3.24. The second-order valence-electron chi connectivity index (χ2n) is 8.09. The fourth-order valence-corrected chi connectivity index (χ4v) is 5.30. The van der Waals surface area contributed by atoms with Gasteiger partial charge in [-0.3, -0.25) is 9.89 Å². The molecule has 200 valence electrons. The molecular formula is C25H30BrFN4O5S. The molecule has 0 spiro atoms. The summed E-state index contributed by atoms with van der Waals surface area (Å²) in [5, 5.41) is 12.9. The van der Waals surface area contributed by atoms with E-state index in [1.165, 1.54) is 23.5 Å². The third-order valence-electron chi connectivity index (χ3n) is 5.72. The Morgan fingerprint density at radius 1 is 1.43 bits per heavy atom. The third-order valence-corrected chi connectivity index (χ3v) is 7.19. The molecule has 0 saturated carbocycles. The summed E-state index contributed by atoms with van der Waals surface area (Å²) in [5.74, 6) is -0.339. The van der Waals surface area contributed by atoms with Crippen LogP contribution in [0.3, 0.4) is 0 Å². The van der Waals surface area contributed by atoms with Crippen molar-refractivity contribution >= 4 is 45.4 Å². The number of rotatable bonds is 9. The molecule has 3 heterocycles. The van der Waals surface area contributed by atoms with E-state index in [1.807, 2.05) is 5.38 Å². The highest BCUT2D eigenvalue weighted by Gasteiger charge is 2.35. The molecule has 2 aliphatic heterocycles. The summed E-state index contributed by atoms with van der Waals surface area (Å²) in [5.41, 5.74) is 1.67. The topological polar surface area (TPSA) is 113 Å². The molecule has 2 N–H and O–H groups in total. The van der Waals surface area contributed by atoms with Crippen molar-refractivity contribution in [3.63, 3.8) is 0 Å². The highest BCUT2D eigenvalue weighted by molar-refractivity contribution is 9.10. The lowest BCUT2D eigenvalue weighted by Gasteiger charge is -2.35. The fourth-order valence-electron chi connectivity index (χ4n) is 4.14. The first-order valence-electron chi connectivity index (χ1n) is 11.8. The van der Waals surface area contributed by atoms with E-state index >= 15 is 0 Å². The summed E-state index contributed by atoms with van der Waals surface area (Å²) in [6.45, 7) is 4.22. The molecule has 9 nitrogen and oxygen atoms in total.